The molecule has 28 heavy (non-hydrogen) atoms. The molecule has 0 aliphatic carbocycles. The number of thiazole rings is 1. The largest absolute Gasteiger partial charge is 0.350 e. The highest BCUT2D eigenvalue weighted by molar-refractivity contribution is 7.15. The fourth-order valence-corrected chi connectivity index (χ4v) is 3.82. The summed E-state index contributed by atoms with van der Waals surface area (Å²) in [7, 11) is 0. The Balaban J connectivity index is 1.51. The monoisotopic (exact) mass is 395 g/mol. The molecular formula is C19H17N5O3S. The Hall–Kier alpha value is -3.46. The summed E-state index contributed by atoms with van der Waals surface area (Å²) in [6.07, 6.45) is 3.53. The molecular weight excluding hydrogens is 378 g/mol. The molecule has 0 aliphatic rings. The van der Waals surface area contributed by atoms with Crippen molar-refractivity contribution in [2.45, 2.75) is 13.3 Å². The van der Waals surface area contributed by atoms with E-state index in [2.05, 4.69) is 20.3 Å². The van der Waals surface area contributed by atoms with Gasteiger partial charge in [0.25, 0.3) is 11.5 Å². The average molecular weight is 395 g/mol. The summed E-state index contributed by atoms with van der Waals surface area (Å²) < 4.78 is 1.77. The molecule has 0 aliphatic heterocycles. The van der Waals surface area contributed by atoms with Crippen molar-refractivity contribution in [1.82, 2.24) is 24.7 Å². The summed E-state index contributed by atoms with van der Waals surface area (Å²) in [5.74, 6) is -0.249. The highest BCUT2D eigenvalue weighted by Gasteiger charge is 2.15. The van der Waals surface area contributed by atoms with Crippen LogP contribution in [0.2, 0.25) is 0 Å². The van der Waals surface area contributed by atoms with E-state index in [0.29, 0.717) is 17.7 Å². The van der Waals surface area contributed by atoms with E-state index in [-0.39, 0.29) is 12.5 Å². The number of fused-ring (bicyclic) bond motifs is 1. The molecule has 0 saturated heterocycles. The van der Waals surface area contributed by atoms with Crippen LogP contribution in [0.5, 0.6) is 0 Å². The summed E-state index contributed by atoms with van der Waals surface area (Å²) in [4.78, 5) is 45.2. The third-order valence-corrected chi connectivity index (χ3v) is 5.28. The fraction of sp³-hybridized carbons (Fsp3) is 0.158. The summed E-state index contributed by atoms with van der Waals surface area (Å²) >= 11 is 1.39. The molecule has 8 nitrogen and oxygen atoms in total. The van der Waals surface area contributed by atoms with Gasteiger partial charge in [-0.3, -0.25) is 19.0 Å². The highest BCUT2D eigenvalue weighted by Crippen LogP contribution is 2.25. The Morgan fingerprint density at radius 2 is 2.11 bits per heavy atom. The Morgan fingerprint density at radius 3 is 2.89 bits per heavy atom. The van der Waals surface area contributed by atoms with Crippen LogP contribution in [-0.2, 0) is 6.42 Å². The van der Waals surface area contributed by atoms with Crippen molar-refractivity contribution in [3.05, 3.63) is 79.7 Å². The van der Waals surface area contributed by atoms with Gasteiger partial charge < -0.3 is 10.3 Å². The maximum atomic E-state index is 12.6. The normalized spacial score (nSPS) is 11.0. The smallest absolute Gasteiger partial charge is 0.325 e. The zero-order chi connectivity index (χ0) is 19.7. The van der Waals surface area contributed by atoms with E-state index in [1.807, 2.05) is 37.4 Å². The summed E-state index contributed by atoms with van der Waals surface area (Å²) in [6.45, 7) is 2.29. The maximum absolute atomic E-state index is 12.6. The average Bonchev–Trinajstić information content (AvgIpc) is 3.24. The van der Waals surface area contributed by atoms with Crippen molar-refractivity contribution in [2.24, 2.45) is 0 Å². The number of benzene rings is 1. The zero-order valence-corrected chi connectivity index (χ0v) is 15.8. The van der Waals surface area contributed by atoms with Gasteiger partial charge in [-0.25, -0.2) is 9.78 Å². The minimum atomic E-state index is -0.553. The molecule has 4 aromatic rings. The molecule has 142 valence electrons. The van der Waals surface area contributed by atoms with Gasteiger partial charge in [0.05, 0.1) is 5.69 Å². The van der Waals surface area contributed by atoms with Gasteiger partial charge in [0.15, 0.2) is 4.96 Å². The molecule has 1 amide bonds. The van der Waals surface area contributed by atoms with Crippen LogP contribution >= 0.6 is 11.3 Å². The van der Waals surface area contributed by atoms with Crippen LogP contribution in [-0.4, -0.2) is 31.8 Å². The molecule has 0 bridgehead atoms. The predicted octanol–water partition coefficient (Wildman–Crippen LogP) is 1.72. The van der Waals surface area contributed by atoms with Gasteiger partial charge >= 0.3 is 5.69 Å². The van der Waals surface area contributed by atoms with Crippen molar-refractivity contribution in [3.8, 4) is 11.3 Å². The first-order chi connectivity index (χ1) is 13.5. The second-order valence-corrected chi connectivity index (χ2v) is 7.15. The quantitative estimate of drug-likeness (QED) is 0.478. The van der Waals surface area contributed by atoms with Crippen molar-refractivity contribution in [2.75, 3.05) is 6.54 Å². The van der Waals surface area contributed by atoms with Gasteiger partial charge in [0.2, 0.25) is 0 Å². The lowest BCUT2D eigenvalue weighted by Crippen LogP contribution is -2.30. The second kappa shape index (κ2) is 7.28. The number of H-pyrrole nitrogens is 2. The number of aryl methyl sites for hydroxylation is 1. The number of hydrogen-bond donors (Lipinski definition) is 3. The van der Waals surface area contributed by atoms with E-state index >= 15 is 0 Å². The van der Waals surface area contributed by atoms with Gasteiger partial charge in [-0.05, 0) is 18.9 Å². The number of carbonyl (C=O) groups is 1. The zero-order valence-electron chi connectivity index (χ0n) is 15.0. The highest BCUT2D eigenvalue weighted by atomic mass is 32.1. The third-order valence-electron chi connectivity index (χ3n) is 4.44. The molecule has 9 heteroatoms. The van der Waals surface area contributed by atoms with Gasteiger partial charge in [0, 0.05) is 35.4 Å². The first-order valence-corrected chi connectivity index (χ1v) is 9.52. The van der Waals surface area contributed by atoms with E-state index in [4.69, 9.17) is 0 Å². The number of aromatic amines is 2. The van der Waals surface area contributed by atoms with Gasteiger partial charge in [0.1, 0.15) is 5.69 Å². The Kier molecular flexibility index (Phi) is 4.66. The van der Waals surface area contributed by atoms with Crippen molar-refractivity contribution >= 4 is 22.2 Å². The SMILES string of the molecule is Cc1ccccc1-c1cn2c(C(=O)NCCc3c[nH]c(=O)[nH]c3=O)csc2n1. The number of carbonyl (C=O) groups excluding carboxylic acids is 1. The summed E-state index contributed by atoms with van der Waals surface area (Å²) in [5.41, 5.74) is 2.85. The van der Waals surface area contributed by atoms with Gasteiger partial charge in [-0.2, -0.15) is 0 Å². The van der Waals surface area contributed by atoms with Crippen LogP contribution in [0.4, 0.5) is 0 Å². The summed E-state index contributed by atoms with van der Waals surface area (Å²) in [6, 6.07) is 7.96. The Bertz CT molecular complexity index is 1280. The van der Waals surface area contributed by atoms with Crippen molar-refractivity contribution in [1.29, 1.82) is 0 Å². The number of nitrogens with zero attached hydrogens (tertiary/aromatic N) is 2. The molecule has 0 unspecified atom stereocenters. The van der Waals surface area contributed by atoms with E-state index < -0.39 is 11.2 Å². The molecule has 3 N–H and O–H groups in total. The molecule has 0 spiro atoms. The van der Waals surface area contributed by atoms with Crippen LogP contribution in [0.25, 0.3) is 16.2 Å². The summed E-state index contributed by atoms with van der Waals surface area (Å²) in [5, 5.41) is 4.56. The number of aromatic nitrogens is 4. The standard InChI is InChI=1S/C19H17N5O3S/c1-11-4-2-3-5-13(11)14-9-24-15(10-28-19(24)22-14)17(26)20-7-6-12-8-21-18(27)23-16(12)25/h2-5,8-10H,6-7H2,1H3,(H,20,26)(H2,21,23,25,27). The van der Waals surface area contributed by atoms with Gasteiger partial charge in [-0.1, -0.05) is 24.3 Å². The van der Waals surface area contributed by atoms with Crippen LogP contribution in [0.15, 0.2) is 51.6 Å². The third kappa shape index (κ3) is 3.39. The van der Waals surface area contributed by atoms with E-state index in [0.717, 1.165) is 21.8 Å². The Morgan fingerprint density at radius 1 is 1.29 bits per heavy atom. The molecule has 0 atom stereocenters. The van der Waals surface area contributed by atoms with Crippen LogP contribution < -0.4 is 16.6 Å². The van der Waals surface area contributed by atoms with Crippen LogP contribution in [0, 0.1) is 6.92 Å². The molecule has 0 fully saturated rings. The first kappa shape index (κ1) is 17.9. The van der Waals surface area contributed by atoms with Gasteiger partial charge in [-0.15, -0.1) is 11.3 Å². The molecule has 3 aromatic heterocycles. The van der Waals surface area contributed by atoms with Crippen molar-refractivity contribution in [3.63, 3.8) is 0 Å². The lowest BCUT2D eigenvalue weighted by atomic mass is 10.1. The number of hydrogen-bond acceptors (Lipinski definition) is 5. The number of rotatable bonds is 5. The number of nitrogens with one attached hydrogen (secondary N) is 3. The molecule has 1 aromatic carbocycles. The number of amides is 1. The van der Waals surface area contributed by atoms with Crippen LogP contribution in [0.3, 0.4) is 0 Å². The first-order valence-electron chi connectivity index (χ1n) is 8.64. The van der Waals surface area contributed by atoms with Crippen molar-refractivity contribution < 1.29 is 4.79 Å². The topological polar surface area (TPSA) is 112 Å². The lowest BCUT2D eigenvalue weighted by Gasteiger charge is -2.04. The second-order valence-electron chi connectivity index (χ2n) is 6.32. The lowest BCUT2D eigenvalue weighted by molar-refractivity contribution is 0.0948. The van der Waals surface area contributed by atoms with E-state index in [9.17, 15) is 14.4 Å². The van der Waals surface area contributed by atoms with E-state index in [1.54, 1.807) is 9.78 Å². The minimum Gasteiger partial charge on any atom is -0.350 e. The molecule has 3 heterocycles. The molecule has 0 radical (unpaired) electrons. The fourth-order valence-electron chi connectivity index (χ4n) is 2.96. The Labute approximate surface area is 162 Å². The number of imidazole rings is 1. The predicted molar refractivity (Wildman–Crippen MR) is 107 cm³/mol. The molecule has 4 rings (SSSR count). The minimum absolute atomic E-state index is 0.249. The van der Waals surface area contributed by atoms with E-state index in [1.165, 1.54) is 17.5 Å². The maximum Gasteiger partial charge on any atom is 0.325 e. The molecule has 0 saturated carbocycles. The van der Waals surface area contributed by atoms with Crippen LogP contribution in [0.1, 0.15) is 21.6 Å².